The lowest BCUT2D eigenvalue weighted by molar-refractivity contribution is 0.119. The molecule has 0 atom stereocenters. The van der Waals surface area contributed by atoms with Gasteiger partial charge in [0.1, 0.15) is 12.5 Å². The molecule has 0 aliphatic rings. The van der Waals surface area contributed by atoms with Gasteiger partial charge < -0.3 is 10.5 Å². The number of nitrogen functional groups attached to an aromatic ring is 1. The minimum absolute atomic E-state index is 0.461. The van der Waals surface area contributed by atoms with Gasteiger partial charge in [-0.15, -0.1) is 0 Å². The molecule has 1 rings (SSSR count). The Morgan fingerprint density at radius 3 is 2.90 bits per heavy atom. The first-order valence-corrected chi connectivity index (χ1v) is 3.03. The summed E-state index contributed by atoms with van der Waals surface area (Å²) < 4.78 is 6.57. The third-order valence-corrected chi connectivity index (χ3v) is 1.25. The quantitative estimate of drug-likeness (QED) is 0.647. The summed E-state index contributed by atoms with van der Waals surface area (Å²) >= 11 is 0. The number of hydrogen-bond acceptors (Lipinski definition) is 3. The van der Waals surface area contributed by atoms with E-state index in [1.54, 1.807) is 17.9 Å². The average molecular weight is 141 g/mol. The van der Waals surface area contributed by atoms with Crippen molar-refractivity contribution in [3.63, 3.8) is 0 Å². The number of nitrogens with two attached hydrogens (primary N) is 1. The maximum atomic E-state index is 5.42. The number of methoxy groups -OCH3 is 1. The van der Waals surface area contributed by atoms with Gasteiger partial charge in [-0.3, -0.25) is 0 Å². The highest BCUT2D eigenvalue weighted by molar-refractivity contribution is 5.28. The van der Waals surface area contributed by atoms with Crippen LogP contribution >= 0.6 is 0 Å². The van der Waals surface area contributed by atoms with Gasteiger partial charge in [0.25, 0.3) is 0 Å². The zero-order valence-corrected chi connectivity index (χ0v) is 6.16. The zero-order chi connectivity index (χ0) is 7.56. The first-order chi connectivity index (χ1) is 4.74. The lowest BCUT2D eigenvalue weighted by Crippen LogP contribution is -2.03. The fourth-order valence-electron chi connectivity index (χ4n) is 0.789. The molecule has 0 aromatic carbocycles. The molecule has 0 bridgehead atoms. The van der Waals surface area contributed by atoms with Gasteiger partial charge in [-0.25, -0.2) is 4.68 Å². The highest BCUT2D eigenvalue weighted by atomic mass is 16.5. The van der Waals surface area contributed by atoms with E-state index in [9.17, 15) is 0 Å². The minimum atomic E-state index is 0.461. The first kappa shape index (κ1) is 7.08. The van der Waals surface area contributed by atoms with E-state index >= 15 is 0 Å². The molecule has 0 fully saturated rings. The topological polar surface area (TPSA) is 53.1 Å². The monoisotopic (exact) mass is 141 g/mol. The molecule has 0 unspecified atom stereocenters. The lowest BCUT2D eigenvalue weighted by atomic mass is 10.5. The molecule has 1 aromatic rings. The molecule has 0 aliphatic heterocycles. The van der Waals surface area contributed by atoms with E-state index in [1.165, 1.54) is 0 Å². The Morgan fingerprint density at radius 1 is 1.80 bits per heavy atom. The van der Waals surface area contributed by atoms with Gasteiger partial charge in [0.2, 0.25) is 0 Å². The minimum Gasteiger partial charge on any atom is -0.382 e. The first-order valence-electron chi connectivity index (χ1n) is 3.03. The molecule has 4 nitrogen and oxygen atoms in total. The molecule has 0 spiro atoms. The molecule has 0 aliphatic carbocycles. The number of anilines is 1. The van der Waals surface area contributed by atoms with Crippen molar-refractivity contribution in [3.05, 3.63) is 11.8 Å². The smallest absolute Gasteiger partial charge is 0.145 e. The molecule has 1 heterocycles. The molecule has 4 heteroatoms. The Balaban J connectivity index is 2.81. The highest BCUT2D eigenvalue weighted by Gasteiger charge is 1.98. The van der Waals surface area contributed by atoms with Crippen LogP contribution in [0.5, 0.6) is 0 Å². The van der Waals surface area contributed by atoms with Gasteiger partial charge in [-0.2, -0.15) is 5.10 Å². The van der Waals surface area contributed by atoms with E-state index in [4.69, 9.17) is 10.5 Å². The number of aryl methyl sites for hydroxylation is 1. The molecular weight excluding hydrogens is 130 g/mol. The van der Waals surface area contributed by atoms with Crippen LogP contribution in [0.15, 0.2) is 6.07 Å². The summed E-state index contributed by atoms with van der Waals surface area (Å²) in [5.41, 5.74) is 6.44. The van der Waals surface area contributed by atoms with E-state index in [0.29, 0.717) is 12.5 Å². The van der Waals surface area contributed by atoms with Gasteiger partial charge in [0, 0.05) is 18.9 Å². The predicted octanol–water partition coefficient (Wildman–Crippen LogP) is 0.378. The summed E-state index contributed by atoms with van der Waals surface area (Å²) in [6.45, 7) is 2.39. The summed E-state index contributed by atoms with van der Waals surface area (Å²) in [5, 5.41) is 3.97. The SMILES string of the molecule is COCn1nc(N)cc1C. The van der Waals surface area contributed by atoms with Crippen molar-refractivity contribution < 1.29 is 4.74 Å². The Morgan fingerprint density at radius 2 is 2.50 bits per heavy atom. The van der Waals surface area contributed by atoms with E-state index in [1.807, 2.05) is 6.92 Å². The molecule has 56 valence electrons. The van der Waals surface area contributed by atoms with Crippen molar-refractivity contribution in [3.8, 4) is 0 Å². The van der Waals surface area contributed by atoms with Gasteiger partial charge in [0.15, 0.2) is 0 Å². The van der Waals surface area contributed by atoms with Crippen LogP contribution in [0, 0.1) is 6.92 Å². The van der Waals surface area contributed by atoms with Gasteiger partial charge in [0.05, 0.1) is 0 Å². The Bertz CT molecular complexity index is 219. The Kier molecular flexibility index (Phi) is 1.91. The largest absolute Gasteiger partial charge is 0.382 e. The van der Waals surface area contributed by atoms with Crippen LogP contribution in [0.2, 0.25) is 0 Å². The highest BCUT2D eigenvalue weighted by Crippen LogP contribution is 2.03. The number of aromatic nitrogens is 2. The van der Waals surface area contributed by atoms with Crippen molar-refractivity contribution in [2.45, 2.75) is 13.7 Å². The van der Waals surface area contributed by atoms with Crippen LogP contribution in [-0.2, 0) is 11.5 Å². The van der Waals surface area contributed by atoms with Gasteiger partial charge in [-0.05, 0) is 6.92 Å². The Labute approximate surface area is 59.6 Å². The second-order valence-corrected chi connectivity index (χ2v) is 2.13. The molecule has 0 saturated carbocycles. The second kappa shape index (κ2) is 2.70. The summed E-state index contributed by atoms with van der Waals surface area (Å²) in [7, 11) is 1.62. The van der Waals surface area contributed by atoms with Crippen LogP contribution in [0.1, 0.15) is 5.69 Å². The van der Waals surface area contributed by atoms with Crippen LogP contribution in [0.3, 0.4) is 0 Å². The molecule has 0 saturated heterocycles. The van der Waals surface area contributed by atoms with E-state index in [0.717, 1.165) is 5.69 Å². The van der Waals surface area contributed by atoms with Crippen LogP contribution in [0.25, 0.3) is 0 Å². The number of nitrogens with zero attached hydrogens (tertiary/aromatic N) is 2. The maximum Gasteiger partial charge on any atom is 0.145 e. The standard InChI is InChI=1S/C6H11N3O/c1-5-3-6(7)8-9(5)4-10-2/h3H,4H2,1-2H3,(H2,7,8). The number of rotatable bonds is 2. The van der Waals surface area contributed by atoms with Crippen LogP contribution < -0.4 is 5.73 Å². The van der Waals surface area contributed by atoms with E-state index in [-0.39, 0.29) is 0 Å². The number of hydrogen-bond donors (Lipinski definition) is 1. The number of ether oxygens (including phenoxy) is 1. The average Bonchev–Trinajstić information content (AvgIpc) is 2.13. The molecule has 0 amide bonds. The van der Waals surface area contributed by atoms with Crippen molar-refractivity contribution in [1.82, 2.24) is 9.78 Å². The summed E-state index contributed by atoms with van der Waals surface area (Å²) in [5.74, 6) is 0.537. The summed E-state index contributed by atoms with van der Waals surface area (Å²) in [4.78, 5) is 0. The van der Waals surface area contributed by atoms with Crippen LogP contribution in [0.4, 0.5) is 5.82 Å². The molecule has 1 aromatic heterocycles. The van der Waals surface area contributed by atoms with Crippen molar-refractivity contribution in [1.29, 1.82) is 0 Å². The zero-order valence-electron chi connectivity index (χ0n) is 6.16. The fraction of sp³-hybridized carbons (Fsp3) is 0.500. The molecule has 2 N–H and O–H groups in total. The van der Waals surface area contributed by atoms with Crippen molar-refractivity contribution in [2.24, 2.45) is 0 Å². The summed E-state index contributed by atoms with van der Waals surface area (Å²) in [6.07, 6.45) is 0. The van der Waals surface area contributed by atoms with E-state index in [2.05, 4.69) is 5.10 Å². The normalized spacial score (nSPS) is 10.2. The maximum absolute atomic E-state index is 5.42. The third kappa shape index (κ3) is 1.27. The molecule has 0 radical (unpaired) electrons. The molecule has 10 heavy (non-hydrogen) atoms. The Hall–Kier alpha value is -1.03. The van der Waals surface area contributed by atoms with Crippen molar-refractivity contribution >= 4 is 5.82 Å². The lowest BCUT2D eigenvalue weighted by Gasteiger charge is -1.99. The van der Waals surface area contributed by atoms with Gasteiger partial charge in [-0.1, -0.05) is 0 Å². The van der Waals surface area contributed by atoms with Gasteiger partial charge >= 0.3 is 0 Å². The summed E-state index contributed by atoms with van der Waals surface area (Å²) in [6, 6.07) is 1.80. The third-order valence-electron chi connectivity index (χ3n) is 1.25. The predicted molar refractivity (Wildman–Crippen MR) is 38.4 cm³/mol. The fourth-order valence-corrected chi connectivity index (χ4v) is 0.789. The molecular formula is C6H11N3O. The second-order valence-electron chi connectivity index (χ2n) is 2.13. The van der Waals surface area contributed by atoms with Crippen LogP contribution in [-0.4, -0.2) is 16.9 Å². The van der Waals surface area contributed by atoms with Crippen molar-refractivity contribution in [2.75, 3.05) is 12.8 Å². The van der Waals surface area contributed by atoms with E-state index < -0.39 is 0 Å².